The Kier molecular flexibility index (Phi) is 6.49. The van der Waals surface area contributed by atoms with Crippen LogP contribution in [0.4, 0.5) is 0 Å². The topological polar surface area (TPSA) is 86.3 Å². The zero-order valence-corrected chi connectivity index (χ0v) is 17.8. The number of carbonyl (C=O) groups excluding carboxylic acids is 1. The van der Waals surface area contributed by atoms with Crippen LogP contribution >= 0.6 is 11.8 Å². The van der Waals surface area contributed by atoms with Crippen LogP contribution < -0.4 is 10.6 Å². The van der Waals surface area contributed by atoms with Crippen LogP contribution in [0.15, 0.2) is 23.4 Å². The lowest BCUT2D eigenvalue weighted by molar-refractivity contribution is -0.134. The predicted molar refractivity (Wildman–Crippen MR) is 111 cm³/mol. The summed E-state index contributed by atoms with van der Waals surface area (Å²) in [4.78, 5) is 14.7. The number of piperidine rings is 1. The van der Waals surface area contributed by atoms with E-state index in [-0.39, 0.29) is 24.6 Å². The third kappa shape index (κ3) is 4.79. The highest BCUT2D eigenvalue weighted by Gasteiger charge is 2.29. The molecule has 2 N–H and O–H groups in total. The lowest BCUT2D eigenvalue weighted by Gasteiger charge is -2.39. The molecule has 1 aromatic carbocycles. The molecular weight excluding hydrogens is 374 g/mol. The van der Waals surface area contributed by atoms with Crippen molar-refractivity contribution in [2.75, 3.05) is 11.6 Å². The van der Waals surface area contributed by atoms with Gasteiger partial charge in [-0.1, -0.05) is 17.8 Å². The molecule has 1 aromatic heterocycles. The Morgan fingerprint density at radius 2 is 1.82 bits per heavy atom. The SMILES string of the molecule is Cc1cc(C)cc(OCc2nnc(SCC(=O)N3C(C)CCCC3C)n2N)c1. The van der Waals surface area contributed by atoms with Gasteiger partial charge in [-0.15, -0.1) is 10.2 Å². The van der Waals surface area contributed by atoms with Crippen molar-refractivity contribution in [2.45, 2.75) is 70.8 Å². The summed E-state index contributed by atoms with van der Waals surface area (Å²) in [5.41, 5.74) is 2.28. The van der Waals surface area contributed by atoms with Crippen molar-refractivity contribution < 1.29 is 9.53 Å². The number of aromatic nitrogens is 3. The fraction of sp³-hybridized carbons (Fsp3) is 0.550. The number of hydrogen-bond acceptors (Lipinski definition) is 6. The fourth-order valence-electron chi connectivity index (χ4n) is 3.78. The van der Waals surface area contributed by atoms with E-state index >= 15 is 0 Å². The number of nitrogens with two attached hydrogens (primary N) is 1. The van der Waals surface area contributed by atoms with E-state index < -0.39 is 0 Å². The maximum absolute atomic E-state index is 12.7. The summed E-state index contributed by atoms with van der Waals surface area (Å²) in [7, 11) is 0. The van der Waals surface area contributed by atoms with Gasteiger partial charge >= 0.3 is 0 Å². The molecule has 2 aromatic rings. The number of likely N-dealkylation sites (tertiary alicyclic amines) is 1. The predicted octanol–water partition coefficient (Wildman–Crippen LogP) is 3.07. The molecule has 1 amide bonds. The van der Waals surface area contributed by atoms with Crippen LogP contribution in [0, 0.1) is 13.8 Å². The number of hydrogen-bond donors (Lipinski definition) is 1. The van der Waals surface area contributed by atoms with Crippen molar-refractivity contribution in [1.29, 1.82) is 0 Å². The van der Waals surface area contributed by atoms with E-state index in [4.69, 9.17) is 10.6 Å². The van der Waals surface area contributed by atoms with E-state index in [1.165, 1.54) is 22.9 Å². The number of benzene rings is 1. The lowest BCUT2D eigenvalue weighted by Crippen LogP contribution is -2.48. The second-order valence-corrected chi connectivity index (χ2v) is 8.54. The fourth-order valence-corrected chi connectivity index (χ4v) is 4.53. The molecule has 28 heavy (non-hydrogen) atoms. The Balaban J connectivity index is 1.57. The Bertz CT molecular complexity index is 808. The molecule has 0 bridgehead atoms. The van der Waals surface area contributed by atoms with Gasteiger partial charge in [0.25, 0.3) is 0 Å². The molecule has 8 heteroatoms. The van der Waals surface area contributed by atoms with Gasteiger partial charge < -0.3 is 15.5 Å². The van der Waals surface area contributed by atoms with E-state index in [0.29, 0.717) is 16.7 Å². The molecule has 1 saturated heterocycles. The molecule has 1 fully saturated rings. The van der Waals surface area contributed by atoms with Gasteiger partial charge in [0.2, 0.25) is 11.1 Å². The van der Waals surface area contributed by atoms with Gasteiger partial charge in [-0.25, -0.2) is 4.68 Å². The van der Waals surface area contributed by atoms with Gasteiger partial charge in [0, 0.05) is 12.1 Å². The summed E-state index contributed by atoms with van der Waals surface area (Å²) in [6, 6.07) is 6.61. The minimum absolute atomic E-state index is 0.126. The minimum atomic E-state index is 0.126. The quantitative estimate of drug-likeness (QED) is 0.589. The van der Waals surface area contributed by atoms with Gasteiger partial charge in [0.1, 0.15) is 12.4 Å². The van der Waals surface area contributed by atoms with Crippen molar-refractivity contribution >= 4 is 17.7 Å². The van der Waals surface area contributed by atoms with Crippen LogP contribution in [0.5, 0.6) is 5.75 Å². The highest BCUT2D eigenvalue weighted by atomic mass is 32.2. The maximum atomic E-state index is 12.7. The highest BCUT2D eigenvalue weighted by molar-refractivity contribution is 7.99. The summed E-state index contributed by atoms with van der Waals surface area (Å²) in [5, 5.41) is 8.75. The summed E-state index contributed by atoms with van der Waals surface area (Å²) < 4.78 is 7.22. The van der Waals surface area contributed by atoms with Gasteiger partial charge in [-0.05, 0) is 70.2 Å². The van der Waals surface area contributed by atoms with Crippen LogP contribution in [-0.2, 0) is 11.4 Å². The second kappa shape index (κ2) is 8.86. The monoisotopic (exact) mass is 403 g/mol. The number of aryl methyl sites for hydroxylation is 2. The first-order valence-corrected chi connectivity index (χ1v) is 10.7. The molecule has 2 unspecified atom stereocenters. The van der Waals surface area contributed by atoms with E-state index in [2.05, 4.69) is 30.1 Å². The molecule has 0 radical (unpaired) electrons. The van der Waals surface area contributed by atoms with Crippen LogP contribution in [-0.4, -0.2) is 43.5 Å². The second-order valence-electron chi connectivity index (χ2n) is 7.60. The first kappa shape index (κ1) is 20.5. The third-order valence-corrected chi connectivity index (χ3v) is 6.03. The minimum Gasteiger partial charge on any atom is -0.486 e. The standard InChI is InChI=1S/C20H29N5O2S/c1-13-8-14(2)10-17(9-13)27-11-18-22-23-20(25(18)21)28-12-19(26)24-15(3)6-5-7-16(24)4/h8-10,15-16H,5-7,11-12,21H2,1-4H3. The van der Waals surface area contributed by atoms with E-state index in [9.17, 15) is 4.79 Å². The number of thioether (sulfide) groups is 1. The Labute approximate surface area is 170 Å². The summed E-state index contributed by atoms with van der Waals surface area (Å²) in [6.45, 7) is 8.52. The Morgan fingerprint density at radius 3 is 2.46 bits per heavy atom. The average molecular weight is 404 g/mol. The first-order valence-electron chi connectivity index (χ1n) is 9.69. The number of nitrogen functional groups attached to an aromatic ring is 1. The maximum Gasteiger partial charge on any atom is 0.233 e. The van der Waals surface area contributed by atoms with Crippen LogP contribution in [0.1, 0.15) is 50.1 Å². The molecule has 0 spiro atoms. The lowest BCUT2D eigenvalue weighted by atomic mass is 9.98. The van der Waals surface area contributed by atoms with E-state index in [0.717, 1.165) is 29.7 Å². The number of amides is 1. The largest absolute Gasteiger partial charge is 0.486 e. The Hall–Kier alpha value is -2.22. The number of nitrogens with zero attached hydrogens (tertiary/aromatic N) is 4. The number of rotatable bonds is 6. The van der Waals surface area contributed by atoms with E-state index in [1.807, 2.05) is 30.9 Å². The van der Waals surface area contributed by atoms with Gasteiger partial charge in [-0.3, -0.25) is 4.79 Å². The zero-order chi connectivity index (χ0) is 20.3. The Morgan fingerprint density at radius 1 is 1.18 bits per heavy atom. The summed E-state index contributed by atoms with van der Waals surface area (Å²) >= 11 is 1.32. The molecule has 0 aliphatic carbocycles. The number of carbonyl (C=O) groups is 1. The highest BCUT2D eigenvalue weighted by Crippen LogP contribution is 2.25. The molecule has 1 aliphatic heterocycles. The van der Waals surface area contributed by atoms with Gasteiger partial charge in [0.15, 0.2) is 5.82 Å². The summed E-state index contributed by atoms with van der Waals surface area (Å²) in [5.74, 6) is 7.84. The molecule has 3 rings (SSSR count). The van der Waals surface area contributed by atoms with Crippen molar-refractivity contribution in [3.63, 3.8) is 0 Å². The molecule has 2 heterocycles. The first-order chi connectivity index (χ1) is 13.3. The van der Waals surface area contributed by atoms with Crippen molar-refractivity contribution in [3.8, 4) is 5.75 Å². The average Bonchev–Trinajstić information content (AvgIpc) is 2.97. The molecule has 0 saturated carbocycles. The van der Waals surface area contributed by atoms with Gasteiger partial charge in [0.05, 0.1) is 5.75 Å². The van der Waals surface area contributed by atoms with Crippen molar-refractivity contribution in [3.05, 3.63) is 35.2 Å². The van der Waals surface area contributed by atoms with Crippen LogP contribution in [0.3, 0.4) is 0 Å². The zero-order valence-electron chi connectivity index (χ0n) is 17.0. The molecular formula is C20H29N5O2S. The van der Waals surface area contributed by atoms with Crippen molar-refractivity contribution in [1.82, 2.24) is 19.8 Å². The molecule has 7 nitrogen and oxygen atoms in total. The third-order valence-electron chi connectivity index (χ3n) is 5.10. The van der Waals surface area contributed by atoms with Crippen LogP contribution in [0.25, 0.3) is 0 Å². The van der Waals surface area contributed by atoms with Crippen molar-refractivity contribution in [2.24, 2.45) is 0 Å². The number of ether oxygens (including phenoxy) is 1. The van der Waals surface area contributed by atoms with Gasteiger partial charge in [-0.2, -0.15) is 0 Å². The molecule has 2 atom stereocenters. The smallest absolute Gasteiger partial charge is 0.233 e. The molecule has 1 aliphatic rings. The van der Waals surface area contributed by atoms with E-state index in [1.54, 1.807) is 0 Å². The molecule has 152 valence electrons. The van der Waals surface area contributed by atoms with Crippen LogP contribution in [0.2, 0.25) is 0 Å². The summed E-state index contributed by atoms with van der Waals surface area (Å²) in [6.07, 6.45) is 3.31. The normalized spacial score (nSPS) is 19.6.